The number of carbonyl (C=O) groups is 1. The third-order valence-corrected chi connectivity index (χ3v) is 3.95. The number of piperazine rings is 1. The Hall–Kier alpha value is -0.700. The van der Waals surface area contributed by atoms with Crippen molar-refractivity contribution in [3.63, 3.8) is 0 Å². The average Bonchev–Trinajstić information content (AvgIpc) is 2.27. The SMILES string of the molecule is CC(=O)OS(=O)(=O)CCN1CCN(CCO)CC1. The lowest BCUT2D eigenvalue weighted by atomic mass is 10.3. The number of hydrogen-bond donors (Lipinski definition) is 1. The molecule has 8 heteroatoms. The first-order valence-corrected chi connectivity index (χ1v) is 7.49. The number of rotatable bonds is 6. The molecule has 1 fully saturated rings. The van der Waals surface area contributed by atoms with E-state index in [4.69, 9.17) is 5.11 Å². The summed E-state index contributed by atoms with van der Waals surface area (Å²) in [4.78, 5) is 14.7. The Bertz CT molecular complexity index is 362. The molecule has 0 unspecified atom stereocenters. The maximum Gasteiger partial charge on any atom is 0.319 e. The van der Waals surface area contributed by atoms with Crippen molar-refractivity contribution in [3.05, 3.63) is 0 Å². The summed E-state index contributed by atoms with van der Waals surface area (Å²) in [6.07, 6.45) is 0. The molecule has 106 valence electrons. The first-order chi connectivity index (χ1) is 8.43. The number of carbonyl (C=O) groups excluding carboxylic acids is 1. The van der Waals surface area contributed by atoms with Crippen LogP contribution in [-0.2, 0) is 19.1 Å². The first kappa shape index (κ1) is 15.4. The molecule has 0 aromatic rings. The van der Waals surface area contributed by atoms with Crippen LogP contribution in [0.15, 0.2) is 0 Å². The lowest BCUT2D eigenvalue weighted by Gasteiger charge is -2.34. The second-order valence-electron chi connectivity index (χ2n) is 4.24. The Balaban J connectivity index is 2.27. The minimum Gasteiger partial charge on any atom is -0.395 e. The van der Waals surface area contributed by atoms with Crippen molar-refractivity contribution in [3.8, 4) is 0 Å². The minimum absolute atomic E-state index is 0.140. The zero-order valence-corrected chi connectivity index (χ0v) is 11.4. The molecule has 0 radical (unpaired) electrons. The average molecular weight is 280 g/mol. The van der Waals surface area contributed by atoms with Crippen molar-refractivity contribution >= 4 is 16.1 Å². The smallest absolute Gasteiger partial charge is 0.319 e. The van der Waals surface area contributed by atoms with Crippen LogP contribution in [0.3, 0.4) is 0 Å². The third kappa shape index (κ3) is 5.76. The van der Waals surface area contributed by atoms with Crippen LogP contribution in [0.2, 0.25) is 0 Å². The summed E-state index contributed by atoms with van der Waals surface area (Å²) in [5, 5.41) is 8.80. The Kier molecular flexibility index (Phi) is 6.00. The third-order valence-electron chi connectivity index (χ3n) is 2.78. The second kappa shape index (κ2) is 7.03. The standard InChI is InChI=1S/C10H20N2O5S/c1-10(14)17-18(15,16)9-7-12-4-2-11(3-5-12)6-8-13/h13H,2-9H2,1H3. The van der Waals surface area contributed by atoms with Crippen LogP contribution in [-0.4, -0.2) is 80.9 Å². The molecule has 0 aliphatic carbocycles. The van der Waals surface area contributed by atoms with Gasteiger partial charge >= 0.3 is 16.1 Å². The predicted molar refractivity (Wildman–Crippen MR) is 65.5 cm³/mol. The van der Waals surface area contributed by atoms with Crippen molar-refractivity contribution in [2.24, 2.45) is 0 Å². The summed E-state index contributed by atoms with van der Waals surface area (Å²) in [6, 6.07) is 0. The van der Waals surface area contributed by atoms with Gasteiger partial charge in [0.05, 0.1) is 12.4 Å². The van der Waals surface area contributed by atoms with E-state index in [1.54, 1.807) is 0 Å². The van der Waals surface area contributed by atoms with Crippen molar-refractivity contribution in [1.29, 1.82) is 0 Å². The summed E-state index contributed by atoms with van der Waals surface area (Å²) in [7, 11) is -3.75. The number of aliphatic hydroxyl groups excluding tert-OH is 1. The molecule has 0 saturated carbocycles. The first-order valence-electron chi connectivity index (χ1n) is 5.91. The maximum absolute atomic E-state index is 11.3. The molecule has 0 spiro atoms. The van der Waals surface area contributed by atoms with Gasteiger partial charge in [0.1, 0.15) is 0 Å². The maximum atomic E-state index is 11.3. The zero-order chi connectivity index (χ0) is 13.6. The highest BCUT2D eigenvalue weighted by Crippen LogP contribution is 2.03. The molecule has 1 heterocycles. The number of aliphatic hydroxyl groups is 1. The molecular weight excluding hydrogens is 260 g/mol. The Morgan fingerprint density at radius 2 is 1.67 bits per heavy atom. The highest BCUT2D eigenvalue weighted by Gasteiger charge is 2.20. The summed E-state index contributed by atoms with van der Waals surface area (Å²) in [5.74, 6) is -0.977. The van der Waals surface area contributed by atoms with E-state index < -0.39 is 16.1 Å². The second-order valence-corrected chi connectivity index (χ2v) is 5.93. The molecule has 0 aromatic heterocycles. The Labute approximate surface area is 107 Å². The van der Waals surface area contributed by atoms with Gasteiger partial charge in [-0.05, 0) is 0 Å². The number of β-amino-alcohol motifs (C(OH)–C–C–N with tert-alkyl or cyclic N) is 1. The van der Waals surface area contributed by atoms with Crippen molar-refractivity contribution in [1.82, 2.24) is 9.80 Å². The summed E-state index contributed by atoms with van der Waals surface area (Å²) in [5.41, 5.74) is 0. The van der Waals surface area contributed by atoms with Gasteiger partial charge in [0.2, 0.25) is 0 Å². The van der Waals surface area contributed by atoms with E-state index in [1.807, 2.05) is 4.90 Å². The molecule has 7 nitrogen and oxygen atoms in total. The van der Waals surface area contributed by atoms with Crippen LogP contribution in [0.5, 0.6) is 0 Å². The van der Waals surface area contributed by atoms with Gasteiger partial charge in [0, 0.05) is 46.2 Å². The van der Waals surface area contributed by atoms with Crippen LogP contribution >= 0.6 is 0 Å². The highest BCUT2D eigenvalue weighted by atomic mass is 32.2. The molecule has 0 bridgehead atoms. The van der Waals surface area contributed by atoms with E-state index in [9.17, 15) is 13.2 Å². The highest BCUT2D eigenvalue weighted by molar-refractivity contribution is 7.87. The van der Waals surface area contributed by atoms with E-state index in [-0.39, 0.29) is 12.4 Å². The van der Waals surface area contributed by atoms with Crippen LogP contribution in [0.4, 0.5) is 0 Å². The van der Waals surface area contributed by atoms with E-state index in [1.165, 1.54) is 0 Å². The molecule has 1 aliphatic heterocycles. The van der Waals surface area contributed by atoms with E-state index in [0.717, 1.165) is 33.1 Å². The summed E-state index contributed by atoms with van der Waals surface area (Å²) < 4.78 is 26.9. The van der Waals surface area contributed by atoms with Gasteiger partial charge in [-0.1, -0.05) is 0 Å². The number of hydrogen-bond acceptors (Lipinski definition) is 7. The van der Waals surface area contributed by atoms with Gasteiger partial charge in [0.25, 0.3) is 0 Å². The molecule has 18 heavy (non-hydrogen) atoms. The lowest BCUT2D eigenvalue weighted by Crippen LogP contribution is -2.48. The van der Waals surface area contributed by atoms with Crippen molar-refractivity contribution in [2.75, 3.05) is 51.6 Å². The molecule has 0 aromatic carbocycles. The van der Waals surface area contributed by atoms with Crippen LogP contribution < -0.4 is 0 Å². The molecule has 0 atom stereocenters. The van der Waals surface area contributed by atoms with Crippen LogP contribution in [0.25, 0.3) is 0 Å². The normalized spacial score (nSPS) is 18.8. The van der Waals surface area contributed by atoms with Crippen molar-refractivity contribution in [2.45, 2.75) is 6.92 Å². The van der Waals surface area contributed by atoms with Crippen LogP contribution in [0.1, 0.15) is 6.92 Å². The van der Waals surface area contributed by atoms with Crippen molar-refractivity contribution < 1.29 is 22.5 Å². The van der Waals surface area contributed by atoms with E-state index in [2.05, 4.69) is 9.08 Å². The Morgan fingerprint density at radius 3 is 2.11 bits per heavy atom. The topological polar surface area (TPSA) is 87.2 Å². The zero-order valence-electron chi connectivity index (χ0n) is 10.5. The number of nitrogens with zero attached hydrogens (tertiary/aromatic N) is 2. The molecule has 1 aliphatic rings. The van der Waals surface area contributed by atoms with Gasteiger partial charge in [-0.3, -0.25) is 14.6 Å². The Morgan fingerprint density at radius 1 is 1.17 bits per heavy atom. The lowest BCUT2D eigenvalue weighted by molar-refractivity contribution is -0.131. The van der Waals surface area contributed by atoms with E-state index in [0.29, 0.717) is 13.1 Å². The summed E-state index contributed by atoms with van der Waals surface area (Å²) in [6.45, 7) is 5.38. The molecule has 1 N–H and O–H groups in total. The minimum atomic E-state index is -3.75. The largest absolute Gasteiger partial charge is 0.395 e. The molecule has 0 amide bonds. The molecule has 1 rings (SSSR count). The monoisotopic (exact) mass is 280 g/mol. The van der Waals surface area contributed by atoms with Gasteiger partial charge in [0.15, 0.2) is 0 Å². The fourth-order valence-electron chi connectivity index (χ4n) is 1.84. The van der Waals surface area contributed by atoms with E-state index >= 15 is 0 Å². The molecular formula is C10H20N2O5S. The van der Waals surface area contributed by atoms with Gasteiger partial charge in [-0.2, -0.15) is 8.42 Å². The fraction of sp³-hybridized carbons (Fsp3) is 0.900. The fourth-order valence-corrected chi connectivity index (χ4v) is 2.76. The molecule has 1 saturated heterocycles. The van der Waals surface area contributed by atoms with Crippen LogP contribution in [0, 0.1) is 0 Å². The summed E-state index contributed by atoms with van der Waals surface area (Å²) >= 11 is 0. The van der Waals surface area contributed by atoms with Gasteiger partial charge < -0.3 is 9.29 Å². The quantitative estimate of drug-likeness (QED) is 0.592. The predicted octanol–water partition coefficient (Wildman–Crippen LogP) is -1.51. The van der Waals surface area contributed by atoms with Gasteiger partial charge in [-0.25, -0.2) is 0 Å². The van der Waals surface area contributed by atoms with Gasteiger partial charge in [-0.15, -0.1) is 0 Å².